The maximum atomic E-state index is 12.4. The number of carbonyl (C=O) groups excluding carboxylic acids is 1. The van der Waals surface area contributed by atoms with Crippen LogP contribution < -0.4 is 0 Å². The van der Waals surface area contributed by atoms with Crippen LogP contribution in [0.4, 0.5) is 0 Å². The molecule has 0 heterocycles. The molecule has 0 aromatic heterocycles. The summed E-state index contributed by atoms with van der Waals surface area (Å²) in [6.45, 7) is 14.6. The van der Waals surface area contributed by atoms with E-state index in [0.29, 0.717) is 17.8 Å². The molecule has 22 heavy (non-hydrogen) atoms. The highest BCUT2D eigenvalue weighted by Gasteiger charge is 2.13. The number of rotatable bonds is 7. The van der Waals surface area contributed by atoms with Crippen molar-refractivity contribution in [3.05, 3.63) is 41.5 Å². The summed E-state index contributed by atoms with van der Waals surface area (Å²) < 4.78 is 0. The zero-order valence-electron chi connectivity index (χ0n) is 15.0. The predicted molar refractivity (Wildman–Crippen MR) is 95.8 cm³/mol. The van der Waals surface area contributed by atoms with Crippen molar-refractivity contribution in [1.82, 2.24) is 4.90 Å². The van der Waals surface area contributed by atoms with Gasteiger partial charge in [-0.25, -0.2) is 0 Å². The van der Waals surface area contributed by atoms with Gasteiger partial charge in [-0.1, -0.05) is 65.8 Å². The summed E-state index contributed by atoms with van der Waals surface area (Å²) in [7, 11) is 0. The van der Waals surface area contributed by atoms with Gasteiger partial charge in [0.1, 0.15) is 0 Å². The Labute approximate surface area is 136 Å². The van der Waals surface area contributed by atoms with Crippen LogP contribution in [0.5, 0.6) is 0 Å². The summed E-state index contributed by atoms with van der Waals surface area (Å²) in [6, 6.07) is 8.42. The number of amides is 1. The Kier molecular flexibility index (Phi) is 7.37. The van der Waals surface area contributed by atoms with E-state index in [1.165, 1.54) is 5.56 Å². The number of nitrogens with zero attached hydrogens (tertiary/aromatic N) is 1. The van der Waals surface area contributed by atoms with Crippen molar-refractivity contribution < 1.29 is 4.79 Å². The zero-order chi connectivity index (χ0) is 16.7. The van der Waals surface area contributed by atoms with Gasteiger partial charge in [0.2, 0.25) is 5.91 Å². The van der Waals surface area contributed by atoms with Gasteiger partial charge in [0.25, 0.3) is 0 Å². The fraction of sp³-hybridized carbons (Fsp3) is 0.550. The van der Waals surface area contributed by atoms with E-state index in [0.717, 1.165) is 18.7 Å². The highest BCUT2D eigenvalue weighted by molar-refractivity contribution is 5.91. The van der Waals surface area contributed by atoms with Gasteiger partial charge in [-0.2, -0.15) is 0 Å². The van der Waals surface area contributed by atoms with Crippen LogP contribution in [-0.4, -0.2) is 23.9 Å². The standard InChI is InChI=1S/C20H31NO/c1-15(2)13-21(14-16(3)4)20(22)12-9-18-7-10-19(11-8-18)17(5)6/h7-12,15-17H,13-14H2,1-6H3. The van der Waals surface area contributed by atoms with Crippen molar-refractivity contribution in [3.63, 3.8) is 0 Å². The maximum absolute atomic E-state index is 12.4. The molecule has 1 aromatic rings. The van der Waals surface area contributed by atoms with Gasteiger partial charge < -0.3 is 4.90 Å². The Morgan fingerprint density at radius 1 is 0.955 bits per heavy atom. The van der Waals surface area contributed by atoms with E-state index in [1.54, 1.807) is 6.08 Å². The Hall–Kier alpha value is -1.57. The molecule has 0 atom stereocenters. The Bertz CT molecular complexity index is 473. The minimum absolute atomic E-state index is 0.107. The van der Waals surface area contributed by atoms with Crippen LogP contribution in [0.15, 0.2) is 30.3 Å². The lowest BCUT2D eigenvalue weighted by molar-refractivity contribution is -0.127. The first-order valence-electron chi connectivity index (χ1n) is 8.36. The third-order valence-corrected chi connectivity index (χ3v) is 3.50. The number of carbonyl (C=O) groups is 1. The molecule has 0 fully saturated rings. The van der Waals surface area contributed by atoms with Crippen LogP contribution in [0, 0.1) is 11.8 Å². The van der Waals surface area contributed by atoms with Gasteiger partial charge in [-0.05, 0) is 35.0 Å². The number of hydrogen-bond acceptors (Lipinski definition) is 1. The molecule has 1 rings (SSSR count). The van der Waals surface area contributed by atoms with Crippen LogP contribution in [0.1, 0.15) is 58.6 Å². The molecule has 0 aliphatic carbocycles. The van der Waals surface area contributed by atoms with Gasteiger partial charge in [-0.15, -0.1) is 0 Å². The molecule has 0 unspecified atom stereocenters. The van der Waals surface area contributed by atoms with Gasteiger partial charge >= 0.3 is 0 Å². The molecule has 0 saturated heterocycles. The molecule has 0 spiro atoms. The topological polar surface area (TPSA) is 20.3 Å². The van der Waals surface area contributed by atoms with Gasteiger partial charge in [-0.3, -0.25) is 4.79 Å². The average Bonchev–Trinajstić information content (AvgIpc) is 2.43. The van der Waals surface area contributed by atoms with E-state index in [-0.39, 0.29) is 5.91 Å². The smallest absolute Gasteiger partial charge is 0.246 e. The number of benzene rings is 1. The second-order valence-corrected chi connectivity index (χ2v) is 7.19. The average molecular weight is 301 g/mol. The van der Waals surface area contributed by atoms with Crippen molar-refractivity contribution in [3.8, 4) is 0 Å². The summed E-state index contributed by atoms with van der Waals surface area (Å²) in [6.07, 6.45) is 3.62. The predicted octanol–water partition coefficient (Wildman–Crippen LogP) is 4.96. The lowest BCUT2D eigenvalue weighted by Gasteiger charge is -2.25. The molecular weight excluding hydrogens is 270 g/mol. The Morgan fingerprint density at radius 2 is 1.45 bits per heavy atom. The minimum atomic E-state index is 0.107. The van der Waals surface area contributed by atoms with Gasteiger partial charge in [0.05, 0.1) is 0 Å². The Morgan fingerprint density at radius 3 is 1.86 bits per heavy atom. The molecule has 0 bridgehead atoms. The SMILES string of the molecule is CC(C)CN(CC(C)C)C(=O)C=Cc1ccc(C(C)C)cc1. The molecule has 2 heteroatoms. The quantitative estimate of drug-likeness (QED) is 0.652. The fourth-order valence-electron chi connectivity index (χ4n) is 2.40. The van der Waals surface area contributed by atoms with Gasteiger partial charge in [0, 0.05) is 19.2 Å². The van der Waals surface area contributed by atoms with Crippen LogP contribution in [0.3, 0.4) is 0 Å². The second kappa shape index (κ2) is 8.77. The third kappa shape index (κ3) is 6.46. The summed E-state index contributed by atoms with van der Waals surface area (Å²) in [4.78, 5) is 14.4. The normalized spacial score (nSPS) is 11.9. The molecule has 2 nitrogen and oxygen atoms in total. The van der Waals surface area contributed by atoms with Crippen LogP contribution in [0.2, 0.25) is 0 Å². The first kappa shape index (κ1) is 18.5. The minimum Gasteiger partial charge on any atom is -0.339 e. The highest BCUT2D eigenvalue weighted by atomic mass is 16.2. The molecule has 0 radical (unpaired) electrons. The molecule has 0 saturated carbocycles. The molecule has 122 valence electrons. The Balaban J connectivity index is 2.74. The fourth-order valence-corrected chi connectivity index (χ4v) is 2.40. The van der Waals surface area contributed by atoms with Gasteiger partial charge in [0.15, 0.2) is 0 Å². The van der Waals surface area contributed by atoms with E-state index in [1.807, 2.05) is 11.0 Å². The molecule has 1 amide bonds. The summed E-state index contributed by atoms with van der Waals surface area (Å²) in [5, 5.41) is 0. The summed E-state index contributed by atoms with van der Waals surface area (Å²) in [5.74, 6) is 1.62. The highest BCUT2D eigenvalue weighted by Crippen LogP contribution is 2.15. The first-order chi connectivity index (χ1) is 10.3. The lowest BCUT2D eigenvalue weighted by atomic mass is 10.0. The molecule has 0 aliphatic heterocycles. The van der Waals surface area contributed by atoms with Crippen LogP contribution >= 0.6 is 0 Å². The van der Waals surface area contributed by atoms with E-state index in [9.17, 15) is 4.79 Å². The second-order valence-electron chi connectivity index (χ2n) is 7.19. The first-order valence-corrected chi connectivity index (χ1v) is 8.36. The number of hydrogen-bond donors (Lipinski definition) is 0. The van der Waals surface area contributed by atoms with E-state index in [2.05, 4.69) is 65.8 Å². The molecule has 1 aromatic carbocycles. The molecular formula is C20H31NO. The van der Waals surface area contributed by atoms with Crippen molar-refractivity contribution in [1.29, 1.82) is 0 Å². The lowest BCUT2D eigenvalue weighted by Crippen LogP contribution is -2.35. The maximum Gasteiger partial charge on any atom is 0.246 e. The zero-order valence-corrected chi connectivity index (χ0v) is 15.0. The van der Waals surface area contributed by atoms with Crippen molar-refractivity contribution >= 4 is 12.0 Å². The van der Waals surface area contributed by atoms with Crippen molar-refractivity contribution in [2.24, 2.45) is 11.8 Å². The van der Waals surface area contributed by atoms with Crippen LogP contribution in [-0.2, 0) is 4.79 Å². The monoisotopic (exact) mass is 301 g/mol. The summed E-state index contributed by atoms with van der Waals surface area (Å²) in [5.41, 5.74) is 2.40. The largest absolute Gasteiger partial charge is 0.339 e. The van der Waals surface area contributed by atoms with E-state index < -0.39 is 0 Å². The van der Waals surface area contributed by atoms with E-state index >= 15 is 0 Å². The molecule has 0 N–H and O–H groups in total. The molecule has 0 aliphatic rings. The third-order valence-electron chi connectivity index (χ3n) is 3.50. The summed E-state index contributed by atoms with van der Waals surface area (Å²) >= 11 is 0. The van der Waals surface area contributed by atoms with E-state index in [4.69, 9.17) is 0 Å². The van der Waals surface area contributed by atoms with Crippen molar-refractivity contribution in [2.45, 2.75) is 47.5 Å². The van der Waals surface area contributed by atoms with Crippen LogP contribution in [0.25, 0.3) is 6.08 Å². The van der Waals surface area contributed by atoms with Crippen molar-refractivity contribution in [2.75, 3.05) is 13.1 Å².